The molecular weight excluding hydrogens is 446 g/mol. The number of hydrogen-bond donors (Lipinski definition) is 0. The Bertz CT molecular complexity index is 1350. The summed E-state index contributed by atoms with van der Waals surface area (Å²) < 4.78 is 1.98. The van der Waals surface area contributed by atoms with Crippen molar-refractivity contribution in [1.29, 1.82) is 0 Å². The molecule has 170 valence electrons. The number of benzene rings is 2. The van der Waals surface area contributed by atoms with Crippen LogP contribution < -0.4 is 4.90 Å². The molecule has 7 nitrogen and oxygen atoms in total. The zero-order valence-electron chi connectivity index (χ0n) is 18.7. The number of aryl methyl sites for hydroxylation is 1. The van der Waals surface area contributed by atoms with Gasteiger partial charge in [0.2, 0.25) is 5.91 Å². The van der Waals surface area contributed by atoms with Gasteiger partial charge in [0.15, 0.2) is 16.8 Å². The van der Waals surface area contributed by atoms with E-state index in [0.717, 1.165) is 28.9 Å². The second kappa shape index (κ2) is 9.61. The molecule has 34 heavy (non-hydrogen) atoms. The fourth-order valence-corrected chi connectivity index (χ4v) is 4.90. The molecule has 1 amide bonds. The van der Waals surface area contributed by atoms with Gasteiger partial charge in [0.05, 0.1) is 11.4 Å². The summed E-state index contributed by atoms with van der Waals surface area (Å²) in [6, 6.07) is 19.1. The average molecular weight is 470 g/mol. The smallest absolute Gasteiger partial charge is 0.227 e. The molecule has 3 heterocycles. The van der Waals surface area contributed by atoms with E-state index < -0.39 is 0 Å². The second-order valence-electron chi connectivity index (χ2n) is 8.08. The first-order valence-electron chi connectivity index (χ1n) is 11.1. The van der Waals surface area contributed by atoms with E-state index in [1.165, 1.54) is 11.8 Å². The van der Waals surface area contributed by atoms with Crippen LogP contribution in [0.1, 0.15) is 28.8 Å². The molecule has 2 aromatic carbocycles. The molecule has 0 saturated carbocycles. The standard InChI is InChI=1S/C26H23N5O2S/c1-18-7-2-3-11-22(18)31-25(20-9-5-13-27-16-20)28-29-26(31)34-17-23(32)19-8-4-10-21(15-19)30-14-6-12-24(30)33/h2-5,7-11,13,15-16H,6,12,14,17H2,1H3. The fraction of sp³-hybridized carbons (Fsp3) is 0.192. The Morgan fingerprint density at radius 2 is 1.94 bits per heavy atom. The van der Waals surface area contributed by atoms with Gasteiger partial charge in [-0.2, -0.15) is 0 Å². The topological polar surface area (TPSA) is 81.0 Å². The summed E-state index contributed by atoms with van der Waals surface area (Å²) >= 11 is 1.35. The lowest BCUT2D eigenvalue weighted by atomic mass is 10.1. The number of Topliss-reactive ketones (excluding diaryl/α,β-unsaturated/α-hetero) is 1. The zero-order chi connectivity index (χ0) is 23.5. The molecule has 1 saturated heterocycles. The van der Waals surface area contributed by atoms with Crippen LogP contribution in [0.5, 0.6) is 0 Å². The number of thioether (sulfide) groups is 1. The highest BCUT2D eigenvalue weighted by Crippen LogP contribution is 2.30. The minimum absolute atomic E-state index is 0.0271. The highest BCUT2D eigenvalue weighted by Gasteiger charge is 2.23. The SMILES string of the molecule is Cc1ccccc1-n1c(SCC(=O)c2cccc(N3CCCC3=O)c2)nnc1-c1cccnc1. The van der Waals surface area contributed by atoms with Crippen LogP contribution in [0.3, 0.4) is 0 Å². The molecule has 5 rings (SSSR count). The van der Waals surface area contributed by atoms with Crippen LogP contribution >= 0.6 is 11.8 Å². The number of nitrogens with zero attached hydrogens (tertiary/aromatic N) is 5. The fourth-order valence-electron chi connectivity index (χ4n) is 4.06. The summed E-state index contributed by atoms with van der Waals surface area (Å²) in [6.45, 7) is 2.73. The number of rotatable bonds is 7. The summed E-state index contributed by atoms with van der Waals surface area (Å²) in [7, 11) is 0. The maximum Gasteiger partial charge on any atom is 0.227 e. The normalized spacial score (nSPS) is 13.4. The summed E-state index contributed by atoms with van der Waals surface area (Å²) in [6.07, 6.45) is 4.88. The van der Waals surface area contributed by atoms with Crippen LogP contribution in [0.15, 0.2) is 78.2 Å². The van der Waals surface area contributed by atoms with E-state index >= 15 is 0 Å². The van der Waals surface area contributed by atoms with E-state index in [2.05, 4.69) is 15.2 Å². The summed E-state index contributed by atoms with van der Waals surface area (Å²) in [5.74, 6) is 0.954. The van der Waals surface area contributed by atoms with Gasteiger partial charge in [-0.05, 0) is 49.2 Å². The number of pyridine rings is 1. The number of aromatic nitrogens is 4. The van der Waals surface area contributed by atoms with Crippen molar-refractivity contribution in [1.82, 2.24) is 19.7 Å². The van der Waals surface area contributed by atoms with E-state index in [0.29, 0.717) is 29.5 Å². The van der Waals surface area contributed by atoms with Gasteiger partial charge in [-0.15, -0.1) is 10.2 Å². The first-order chi connectivity index (χ1) is 16.6. The Labute approximate surface area is 201 Å². The van der Waals surface area contributed by atoms with Crippen molar-refractivity contribution in [2.24, 2.45) is 0 Å². The largest absolute Gasteiger partial charge is 0.312 e. The van der Waals surface area contributed by atoms with E-state index in [9.17, 15) is 9.59 Å². The third kappa shape index (κ3) is 4.36. The second-order valence-corrected chi connectivity index (χ2v) is 9.02. The van der Waals surface area contributed by atoms with Gasteiger partial charge in [0.1, 0.15) is 0 Å². The first-order valence-corrected chi connectivity index (χ1v) is 12.1. The van der Waals surface area contributed by atoms with E-state index in [1.807, 2.05) is 60.0 Å². The third-order valence-electron chi connectivity index (χ3n) is 5.80. The Morgan fingerprint density at radius 3 is 2.71 bits per heavy atom. The van der Waals surface area contributed by atoms with Crippen molar-refractivity contribution in [2.45, 2.75) is 24.9 Å². The molecule has 1 aliphatic heterocycles. The zero-order valence-corrected chi connectivity index (χ0v) is 19.5. The number of ketones is 1. The summed E-state index contributed by atoms with van der Waals surface area (Å²) in [5.41, 5.74) is 4.23. The molecule has 0 bridgehead atoms. The van der Waals surface area contributed by atoms with Gasteiger partial charge >= 0.3 is 0 Å². The van der Waals surface area contributed by atoms with Crippen LogP contribution in [-0.2, 0) is 4.79 Å². The number of anilines is 1. The Hall–Kier alpha value is -3.78. The lowest BCUT2D eigenvalue weighted by Crippen LogP contribution is -2.23. The molecule has 0 unspecified atom stereocenters. The van der Waals surface area contributed by atoms with Gasteiger partial charge in [-0.25, -0.2) is 0 Å². The maximum atomic E-state index is 13.1. The molecule has 0 aliphatic carbocycles. The molecule has 8 heteroatoms. The summed E-state index contributed by atoms with van der Waals surface area (Å²) in [5, 5.41) is 9.47. The van der Waals surface area contributed by atoms with Gasteiger partial charge < -0.3 is 4.90 Å². The predicted molar refractivity (Wildman–Crippen MR) is 132 cm³/mol. The van der Waals surface area contributed by atoms with Crippen molar-refractivity contribution in [2.75, 3.05) is 17.2 Å². The van der Waals surface area contributed by atoms with Crippen molar-refractivity contribution < 1.29 is 9.59 Å². The van der Waals surface area contributed by atoms with Crippen LogP contribution in [0.25, 0.3) is 17.1 Å². The Morgan fingerprint density at radius 1 is 1.06 bits per heavy atom. The van der Waals surface area contributed by atoms with Gasteiger partial charge in [0.25, 0.3) is 0 Å². The third-order valence-corrected chi connectivity index (χ3v) is 6.72. The van der Waals surface area contributed by atoms with Gasteiger partial charge in [-0.3, -0.25) is 19.1 Å². The molecule has 0 radical (unpaired) electrons. The predicted octanol–water partition coefficient (Wildman–Crippen LogP) is 4.74. The van der Waals surface area contributed by atoms with Crippen molar-refractivity contribution in [3.63, 3.8) is 0 Å². The number of hydrogen-bond acceptors (Lipinski definition) is 6. The van der Waals surface area contributed by atoms with Crippen LogP contribution in [-0.4, -0.2) is 43.7 Å². The lowest BCUT2D eigenvalue weighted by Gasteiger charge is -2.16. The highest BCUT2D eigenvalue weighted by atomic mass is 32.2. The Balaban J connectivity index is 1.42. The first kappa shape index (κ1) is 22.0. The maximum absolute atomic E-state index is 13.1. The number of amides is 1. The van der Waals surface area contributed by atoms with Crippen molar-refractivity contribution >= 4 is 29.1 Å². The van der Waals surface area contributed by atoms with Crippen molar-refractivity contribution in [3.05, 3.63) is 84.2 Å². The van der Waals surface area contributed by atoms with E-state index in [1.54, 1.807) is 29.4 Å². The summed E-state index contributed by atoms with van der Waals surface area (Å²) in [4.78, 5) is 31.1. The average Bonchev–Trinajstić information content (AvgIpc) is 3.49. The van der Waals surface area contributed by atoms with Crippen LogP contribution in [0, 0.1) is 6.92 Å². The molecule has 4 aromatic rings. The quantitative estimate of drug-likeness (QED) is 0.287. The molecular formula is C26H23N5O2S. The minimum Gasteiger partial charge on any atom is -0.312 e. The van der Waals surface area contributed by atoms with Crippen LogP contribution in [0.4, 0.5) is 5.69 Å². The van der Waals surface area contributed by atoms with Crippen LogP contribution in [0.2, 0.25) is 0 Å². The lowest BCUT2D eigenvalue weighted by molar-refractivity contribution is -0.117. The number of carbonyl (C=O) groups is 2. The monoisotopic (exact) mass is 469 g/mol. The molecule has 1 aliphatic rings. The van der Waals surface area contributed by atoms with E-state index in [-0.39, 0.29) is 17.4 Å². The van der Waals surface area contributed by atoms with Crippen molar-refractivity contribution in [3.8, 4) is 17.1 Å². The molecule has 0 N–H and O–H groups in total. The van der Waals surface area contributed by atoms with E-state index in [4.69, 9.17) is 0 Å². The molecule has 0 atom stereocenters. The van der Waals surface area contributed by atoms with Gasteiger partial charge in [-0.1, -0.05) is 42.1 Å². The highest BCUT2D eigenvalue weighted by molar-refractivity contribution is 7.99. The number of para-hydroxylation sites is 1. The Kier molecular flexibility index (Phi) is 6.22. The van der Waals surface area contributed by atoms with Gasteiger partial charge in [0, 0.05) is 42.2 Å². The molecule has 2 aromatic heterocycles. The molecule has 0 spiro atoms. The molecule has 1 fully saturated rings. The minimum atomic E-state index is -0.0271. The number of carbonyl (C=O) groups excluding carboxylic acids is 2.